The second-order valence-electron chi connectivity index (χ2n) is 7.20. The van der Waals surface area contributed by atoms with Crippen molar-refractivity contribution < 1.29 is 14.6 Å². The summed E-state index contributed by atoms with van der Waals surface area (Å²) in [5, 5.41) is 3.05. The van der Waals surface area contributed by atoms with E-state index in [2.05, 4.69) is 36.5 Å². The van der Waals surface area contributed by atoms with Crippen LogP contribution in [0.5, 0.6) is 0 Å². The van der Waals surface area contributed by atoms with E-state index in [4.69, 9.17) is 0 Å². The summed E-state index contributed by atoms with van der Waals surface area (Å²) in [4.78, 5) is 15.3. The quantitative estimate of drug-likeness (QED) is 0.717. The number of carbonyl (C=O) groups excluding carboxylic acids is 1. The monoisotopic (exact) mass is 339 g/mol. The number of para-hydroxylation sites is 1. The lowest BCUT2D eigenvalue weighted by Crippen LogP contribution is -3.28. The highest BCUT2D eigenvalue weighted by Gasteiger charge is 2.24. The molecule has 0 bridgehead atoms. The van der Waals surface area contributed by atoms with Gasteiger partial charge in [0.15, 0.2) is 6.54 Å². The summed E-state index contributed by atoms with van der Waals surface area (Å²) in [6, 6.07) is 16.8. The third-order valence-corrected chi connectivity index (χ3v) is 5.07. The maximum Gasteiger partial charge on any atom is 0.279 e. The Hall–Kier alpha value is -2.17. The topological polar surface area (TPSA) is 38.0 Å². The molecular weight excluding hydrogens is 310 g/mol. The first kappa shape index (κ1) is 17.6. The summed E-state index contributed by atoms with van der Waals surface area (Å²) in [5.41, 5.74) is 4.75. The first-order valence-corrected chi connectivity index (χ1v) is 9.18. The van der Waals surface area contributed by atoms with Gasteiger partial charge >= 0.3 is 0 Å². The van der Waals surface area contributed by atoms with Crippen molar-refractivity contribution in [3.8, 4) is 0 Å². The predicted molar refractivity (Wildman–Crippen MR) is 101 cm³/mol. The van der Waals surface area contributed by atoms with E-state index in [1.165, 1.54) is 16.0 Å². The molecule has 0 unspecified atom stereocenters. The van der Waals surface area contributed by atoms with Crippen LogP contribution in [0.25, 0.3) is 0 Å². The standard InChI is InChI=1S/C21H27N3O/c1-17-7-9-19(10-8-17)15-23-11-13-24(14-12-23)16-21(25)22-20-6-4-3-5-18(20)2/h3-10H,11-16H2,1-2H3,(H,22,25)/p+2. The molecule has 1 aliphatic heterocycles. The lowest BCUT2D eigenvalue weighted by atomic mass is 10.1. The van der Waals surface area contributed by atoms with Gasteiger partial charge in [0.1, 0.15) is 32.7 Å². The van der Waals surface area contributed by atoms with E-state index in [1.807, 2.05) is 31.2 Å². The molecule has 132 valence electrons. The van der Waals surface area contributed by atoms with E-state index in [0.717, 1.165) is 44.0 Å². The van der Waals surface area contributed by atoms with Gasteiger partial charge in [0.05, 0.1) is 0 Å². The van der Waals surface area contributed by atoms with Crippen molar-refractivity contribution in [1.82, 2.24) is 0 Å². The van der Waals surface area contributed by atoms with Crippen molar-refractivity contribution in [1.29, 1.82) is 0 Å². The number of amides is 1. The zero-order valence-corrected chi connectivity index (χ0v) is 15.3. The Kier molecular flexibility index (Phi) is 5.84. The highest BCUT2D eigenvalue weighted by molar-refractivity contribution is 5.92. The summed E-state index contributed by atoms with van der Waals surface area (Å²) in [6.45, 7) is 10.2. The van der Waals surface area contributed by atoms with Crippen LogP contribution in [-0.2, 0) is 11.3 Å². The Bertz CT molecular complexity index is 703. The first-order chi connectivity index (χ1) is 12.1. The Morgan fingerprint density at radius 1 is 0.920 bits per heavy atom. The van der Waals surface area contributed by atoms with Crippen LogP contribution >= 0.6 is 0 Å². The van der Waals surface area contributed by atoms with Crippen LogP contribution in [0.15, 0.2) is 48.5 Å². The molecule has 4 nitrogen and oxygen atoms in total. The SMILES string of the molecule is Cc1ccc(C[NH+]2CC[NH+](CC(=O)Nc3ccccc3C)CC2)cc1. The molecule has 2 aromatic carbocycles. The van der Waals surface area contributed by atoms with Crippen LogP contribution in [-0.4, -0.2) is 38.6 Å². The zero-order valence-electron chi connectivity index (χ0n) is 15.3. The number of nitrogens with one attached hydrogen (secondary N) is 3. The van der Waals surface area contributed by atoms with Gasteiger partial charge in [-0.2, -0.15) is 0 Å². The minimum Gasteiger partial charge on any atom is -0.322 e. The smallest absolute Gasteiger partial charge is 0.279 e. The predicted octanol–water partition coefficient (Wildman–Crippen LogP) is 0.226. The van der Waals surface area contributed by atoms with Gasteiger partial charge in [-0.1, -0.05) is 48.0 Å². The number of benzene rings is 2. The van der Waals surface area contributed by atoms with Gasteiger partial charge in [0.2, 0.25) is 0 Å². The summed E-state index contributed by atoms with van der Waals surface area (Å²) < 4.78 is 0. The van der Waals surface area contributed by atoms with Gasteiger partial charge in [0.25, 0.3) is 5.91 Å². The van der Waals surface area contributed by atoms with Crippen LogP contribution < -0.4 is 15.1 Å². The summed E-state index contributed by atoms with van der Waals surface area (Å²) in [5.74, 6) is 0.117. The molecule has 0 aliphatic carbocycles. The molecule has 4 heteroatoms. The lowest BCUT2D eigenvalue weighted by molar-refractivity contribution is -1.02. The molecule has 25 heavy (non-hydrogen) atoms. The Morgan fingerprint density at radius 2 is 1.56 bits per heavy atom. The molecule has 1 fully saturated rings. The molecule has 1 saturated heterocycles. The number of hydrogen-bond donors (Lipinski definition) is 3. The number of quaternary nitrogens is 2. The van der Waals surface area contributed by atoms with E-state index in [-0.39, 0.29) is 5.91 Å². The van der Waals surface area contributed by atoms with Crippen molar-refractivity contribution in [2.45, 2.75) is 20.4 Å². The maximum absolute atomic E-state index is 12.3. The second kappa shape index (κ2) is 8.28. The number of carbonyl (C=O) groups is 1. The summed E-state index contributed by atoms with van der Waals surface area (Å²) >= 11 is 0. The number of piperazine rings is 1. The summed E-state index contributed by atoms with van der Waals surface area (Å²) in [7, 11) is 0. The molecule has 1 aliphatic rings. The Morgan fingerprint density at radius 3 is 2.24 bits per heavy atom. The molecule has 0 saturated carbocycles. The van der Waals surface area contributed by atoms with Crippen molar-refractivity contribution in [3.63, 3.8) is 0 Å². The highest BCUT2D eigenvalue weighted by atomic mass is 16.2. The molecule has 3 rings (SSSR count). The summed E-state index contributed by atoms with van der Waals surface area (Å²) in [6.07, 6.45) is 0. The number of hydrogen-bond acceptors (Lipinski definition) is 1. The second-order valence-corrected chi connectivity index (χ2v) is 7.20. The van der Waals surface area contributed by atoms with E-state index in [1.54, 1.807) is 4.90 Å². The molecule has 0 aromatic heterocycles. The van der Waals surface area contributed by atoms with Crippen molar-refractivity contribution >= 4 is 11.6 Å². The Labute approximate surface area is 150 Å². The number of anilines is 1. The lowest BCUT2D eigenvalue weighted by Gasteiger charge is -2.29. The van der Waals surface area contributed by atoms with Gasteiger partial charge < -0.3 is 15.1 Å². The van der Waals surface area contributed by atoms with Crippen LogP contribution in [0.4, 0.5) is 5.69 Å². The van der Waals surface area contributed by atoms with Crippen molar-refractivity contribution in [2.75, 3.05) is 38.0 Å². The normalized spacial score (nSPS) is 20.2. The molecule has 1 amide bonds. The largest absolute Gasteiger partial charge is 0.322 e. The fourth-order valence-electron chi connectivity index (χ4n) is 3.44. The molecule has 1 heterocycles. The molecule has 2 aromatic rings. The van der Waals surface area contributed by atoms with E-state index < -0.39 is 0 Å². The van der Waals surface area contributed by atoms with E-state index >= 15 is 0 Å². The minimum atomic E-state index is 0.117. The fraction of sp³-hybridized carbons (Fsp3) is 0.381. The molecule has 0 spiro atoms. The van der Waals surface area contributed by atoms with Gasteiger partial charge in [-0.3, -0.25) is 4.79 Å². The Balaban J connectivity index is 1.43. The molecule has 0 atom stereocenters. The average molecular weight is 339 g/mol. The third-order valence-electron chi connectivity index (χ3n) is 5.07. The number of rotatable bonds is 5. The van der Waals surface area contributed by atoms with Crippen molar-refractivity contribution in [3.05, 3.63) is 65.2 Å². The first-order valence-electron chi connectivity index (χ1n) is 9.18. The maximum atomic E-state index is 12.3. The van der Waals surface area contributed by atoms with Gasteiger partial charge in [-0.05, 0) is 25.5 Å². The van der Waals surface area contributed by atoms with Crippen LogP contribution in [0.1, 0.15) is 16.7 Å². The zero-order chi connectivity index (χ0) is 17.6. The molecular formula is C21H29N3O+2. The van der Waals surface area contributed by atoms with E-state index in [0.29, 0.717) is 6.54 Å². The number of aryl methyl sites for hydroxylation is 2. The van der Waals surface area contributed by atoms with Gasteiger partial charge in [-0.15, -0.1) is 0 Å². The van der Waals surface area contributed by atoms with Crippen molar-refractivity contribution in [2.24, 2.45) is 0 Å². The van der Waals surface area contributed by atoms with Gasteiger partial charge in [0, 0.05) is 11.3 Å². The van der Waals surface area contributed by atoms with E-state index in [9.17, 15) is 4.79 Å². The minimum absolute atomic E-state index is 0.117. The average Bonchev–Trinajstić information content (AvgIpc) is 2.61. The fourth-order valence-corrected chi connectivity index (χ4v) is 3.44. The van der Waals surface area contributed by atoms with Gasteiger partial charge in [-0.25, -0.2) is 0 Å². The molecule has 3 N–H and O–H groups in total. The van der Waals surface area contributed by atoms with Crippen LogP contribution in [0.2, 0.25) is 0 Å². The highest BCUT2D eigenvalue weighted by Crippen LogP contribution is 2.12. The third kappa shape index (κ3) is 5.15. The van der Waals surface area contributed by atoms with Crippen LogP contribution in [0, 0.1) is 13.8 Å². The molecule has 0 radical (unpaired) electrons. The van der Waals surface area contributed by atoms with Crippen LogP contribution in [0.3, 0.4) is 0 Å².